The lowest BCUT2D eigenvalue weighted by Crippen LogP contribution is -2.59. The van der Waals surface area contributed by atoms with Crippen molar-refractivity contribution in [1.29, 1.82) is 0 Å². The van der Waals surface area contributed by atoms with Gasteiger partial charge in [0.1, 0.15) is 6.04 Å². The van der Waals surface area contributed by atoms with Crippen LogP contribution in [0.5, 0.6) is 0 Å². The second-order valence-corrected chi connectivity index (χ2v) is 3.98. The number of primary amides is 1. The van der Waals surface area contributed by atoms with E-state index in [9.17, 15) is 31.5 Å². The van der Waals surface area contributed by atoms with E-state index in [2.05, 4.69) is 0 Å². The molecule has 4 nitrogen and oxygen atoms in total. The van der Waals surface area contributed by atoms with Gasteiger partial charge in [-0.05, 0) is 19.3 Å². The maximum absolute atomic E-state index is 12.9. The van der Waals surface area contributed by atoms with Gasteiger partial charge in [-0.2, -0.15) is 22.0 Å². The fourth-order valence-electron chi connectivity index (χ4n) is 1.77. The van der Waals surface area contributed by atoms with Gasteiger partial charge in [-0.15, -0.1) is 0 Å². The summed E-state index contributed by atoms with van der Waals surface area (Å²) in [7, 11) is 0. The van der Waals surface area contributed by atoms with Gasteiger partial charge in [0.15, 0.2) is 0 Å². The molecule has 0 radical (unpaired) electrons. The van der Waals surface area contributed by atoms with Gasteiger partial charge < -0.3 is 10.6 Å². The Morgan fingerprint density at radius 3 is 2.11 bits per heavy atom. The number of hydrogen-bond donors (Lipinski definition) is 1. The first-order valence-corrected chi connectivity index (χ1v) is 5.14. The summed E-state index contributed by atoms with van der Waals surface area (Å²) in [6.45, 7) is -0.335. The van der Waals surface area contributed by atoms with E-state index in [0.717, 1.165) is 0 Å². The van der Waals surface area contributed by atoms with E-state index in [-0.39, 0.29) is 24.3 Å². The summed E-state index contributed by atoms with van der Waals surface area (Å²) in [5.74, 6) is -9.00. The van der Waals surface area contributed by atoms with Crippen LogP contribution in [0.4, 0.5) is 22.0 Å². The first-order chi connectivity index (χ1) is 8.09. The summed E-state index contributed by atoms with van der Waals surface area (Å²) in [6, 6.07) is -1.40. The average Bonchev–Trinajstić information content (AvgIpc) is 2.26. The van der Waals surface area contributed by atoms with Crippen LogP contribution >= 0.6 is 0 Å². The van der Waals surface area contributed by atoms with Gasteiger partial charge in [0, 0.05) is 6.54 Å². The molecular weight excluding hydrogens is 263 g/mol. The van der Waals surface area contributed by atoms with E-state index in [1.165, 1.54) is 0 Å². The lowest BCUT2D eigenvalue weighted by Gasteiger charge is -2.35. The Balaban J connectivity index is 2.97. The topological polar surface area (TPSA) is 63.4 Å². The summed E-state index contributed by atoms with van der Waals surface area (Å²) in [5, 5.41) is 0. The van der Waals surface area contributed by atoms with E-state index in [4.69, 9.17) is 5.73 Å². The molecule has 2 N–H and O–H groups in total. The molecule has 0 aromatic carbocycles. The van der Waals surface area contributed by atoms with E-state index in [0.29, 0.717) is 6.42 Å². The molecule has 0 aliphatic carbocycles. The molecule has 0 aromatic heterocycles. The fraction of sp³-hybridized carbons (Fsp3) is 0.778. The minimum Gasteiger partial charge on any atom is -0.368 e. The number of piperidine rings is 1. The molecule has 2 amide bonds. The molecule has 1 atom stereocenters. The number of hydrogen-bond acceptors (Lipinski definition) is 2. The zero-order valence-electron chi connectivity index (χ0n) is 9.14. The highest BCUT2D eigenvalue weighted by Gasteiger charge is 2.65. The lowest BCUT2D eigenvalue weighted by molar-refractivity contribution is -0.275. The molecule has 1 rings (SSSR count). The normalized spacial score (nSPS) is 21.8. The molecule has 0 bridgehead atoms. The Bertz CT molecular complexity index is 355. The van der Waals surface area contributed by atoms with Crippen molar-refractivity contribution in [3.8, 4) is 0 Å². The van der Waals surface area contributed by atoms with Crippen molar-refractivity contribution >= 4 is 11.8 Å². The van der Waals surface area contributed by atoms with E-state index in [1.54, 1.807) is 0 Å². The maximum Gasteiger partial charge on any atom is 0.463 e. The van der Waals surface area contributed by atoms with Gasteiger partial charge >= 0.3 is 18.0 Å². The van der Waals surface area contributed by atoms with Crippen molar-refractivity contribution in [3.05, 3.63) is 0 Å². The maximum atomic E-state index is 12.9. The second kappa shape index (κ2) is 4.69. The molecular formula is C9H11F5N2O2. The highest BCUT2D eigenvalue weighted by Crippen LogP contribution is 2.38. The summed E-state index contributed by atoms with van der Waals surface area (Å²) >= 11 is 0. The predicted molar refractivity (Wildman–Crippen MR) is 49.5 cm³/mol. The molecule has 1 heterocycles. The number of amides is 2. The lowest BCUT2D eigenvalue weighted by atomic mass is 10.0. The van der Waals surface area contributed by atoms with Crippen molar-refractivity contribution in [3.63, 3.8) is 0 Å². The van der Waals surface area contributed by atoms with Crippen molar-refractivity contribution in [2.45, 2.75) is 37.4 Å². The van der Waals surface area contributed by atoms with Crippen LogP contribution in [-0.2, 0) is 9.59 Å². The van der Waals surface area contributed by atoms with Crippen LogP contribution in [0.15, 0.2) is 0 Å². The molecule has 1 fully saturated rings. The summed E-state index contributed by atoms with van der Waals surface area (Å²) in [4.78, 5) is 22.4. The number of nitrogens with zero attached hydrogens (tertiary/aromatic N) is 1. The molecule has 0 saturated carbocycles. The second-order valence-electron chi connectivity index (χ2n) is 3.98. The Kier molecular flexibility index (Phi) is 3.82. The number of alkyl halides is 5. The zero-order chi connectivity index (χ0) is 14.1. The monoisotopic (exact) mass is 274 g/mol. The third kappa shape index (κ3) is 2.54. The van der Waals surface area contributed by atoms with E-state index in [1.807, 2.05) is 0 Å². The molecule has 0 aromatic rings. The predicted octanol–water partition coefficient (Wildman–Crippen LogP) is 1.05. The third-order valence-corrected chi connectivity index (χ3v) is 2.72. The Labute approximate surface area is 98.9 Å². The summed E-state index contributed by atoms with van der Waals surface area (Å²) in [5.41, 5.74) is 4.89. The summed E-state index contributed by atoms with van der Waals surface area (Å²) < 4.78 is 61.9. The number of rotatable bonds is 2. The molecule has 1 aliphatic rings. The molecule has 1 saturated heterocycles. The van der Waals surface area contributed by atoms with Crippen LogP contribution in [0.25, 0.3) is 0 Å². The van der Waals surface area contributed by atoms with Crippen molar-refractivity contribution < 1.29 is 31.5 Å². The quantitative estimate of drug-likeness (QED) is 0.765. The van der Waals surface area contributed by atoms with Crippen LogP contribution in [0.1, 0.15) is 19.3 Å². The van der Waals surface area contributed by atoms with Gasteiger partial charge in [0.2, 0.25) is 5.91 Å². The van der Waals surface area contributed by atoms with E-state index < -0.39 is 30.0 Å². The standard InChI is InChI=1S/C9H11F5N2O2/c10-8(11,9(12,13)14)7(18)16-4-2-1-3-5(16)6(15)17/h5H,1-4H2,(H2,15,17). The number of carbonyl (C=O) groups is 2. The first kappa shape index (κ1) is 14.7. The smallest absolute Gasteiger partial charge is 0.368 e. The molecule has 9 heteroatoms. The highest BCUT2D eigenvalue weighted by atomic mass is 19.4. The largest absolute Gasteiger partial charge is 0.463 e. The summed E-state index contributed by atoms with van der Waals surface area (Å²) in [6.07, 6.45) is -5.29. The first-order valence-electron chi connectivity index (χ1n) is 5.14. The SMILES string of the molecule is NC(=O)C1CCCCN1C(=O)C(F)(F)C(F)(F)F. The number of carbonyl (C=O) groups excluding carboxylic acids is 2. The highest BCUT2D eigenvalue weighted by molar-refractivity contribution is 5.90. The van der Waals surface area contributed by atoms with Crippen LogP contribution in [0.3, 0.4) is 0 Å². The molecule has 0 spiro atoms. The van der Waals surface area contributed by atoms with Gasteiger partial charge in [0.05, 0.1) is 0 Å². The van der Waals surface area contributed by atoms with Gasteiger partial charge in [-0.3, -0.25) is 9.59 Å². The zero-order valence-corrected chi connectivity index (χ0v) is 9.14. The number of likely N-dealkylation sites (tertiary alicyclic amines) is 1. The molecule has 18 heavy (non-hydrogen) atoms. The van der Waals surface area contributed by atoms with Gasteiger partial charge in [-0.25, -0.2) is 0 Å². The fourth-order valence-corrected chi connectivity index (χ4v) is 1.77. The Hall–Kier alpha value is -1.41. The van der Waals surface area contributed by atoms with E-state index >= 15 is 0 Å². The van der Waals surface area contributed by atoms with Gasteiger partial charge in [-0.1, -0.05) is 0 Å². The average molecular weight is 274 g/mol. The Morgan fingerprint density at radius 1 is 1.11 bits per heavy atom. The Morgan fingerprint density at radius 2 is 1.67 bits per heavy atom. The number of halogens is 5. The minimum absolute atomic E-state index is 0.00495. The van der Waals surface area contributed by atoms with Crippen LogP contribution in [0, 0.1) is 0 Å². The van der Waals surface area contributed by atoms with Crippen LogP contribution in [0.2, 0.25) is 0 Å². The van der Waals surface area contributed by atoms with Crippen molar-refractivity contribution in [2.24, 2.45) is 5.73 Å². The van der Waals surface area contributed by atoms with Gasteiger partial charge in [0.25, 0.3) is 0 Å². The molecule has 1 unspecified atom stereocenters. The van der Waals surface area contributed by atoms with Crippen molar-refractivity contribution in [1.82, 2.24) is 4.90 Å². The van der Waals surface area contributed by atoms with Crippen molar-refractivity contribution in [2.75, 3.05) is 6.54 Å². The molecule has 1 aliphatic heterocycles. The molecule has 104 valence electrons. The minimum atomic E-state index is -5.98. The van der Waals surface area contributed by atoms with Crippen LogP contribution < -0.4 is 5.73 Å². The number of nitrogens with two attached hydrogens (primary N) is 1. The van der Waals surface area contributed by atoms with Crippen LogP contribution in [-0.4, -0.2) is 41.4 Å². The third-order valence-electron chi connectivity index (χ3n) is 2.72.